The largest absolute Gasteiger partial charge is 0.497 e. The Morgan fingerprint density at radius 1 is 0.909 bits per heavy atom. The first-order chi connectivity index (χ1) is 15.9. The Bertz CT molecular complexity index is 1350. The zero-order valence-corrected chi connectivity index (χ0v) is 19.2. The van der Waals surface area contributed by atoms with Crippen LogP contribution in [0.3, 0.4) is 0 Å². The average Bonchev–Trinajstić information content (AvgIpc) is 2.80. The molecule has 168 valence electrons. The first-order valence-electron chi connectivity index (χ1n) is 11.1. The van der Waals surface area contributed by atoms with Gasteiger partial charge in [0.2, 0.25) is 5.91 Å². The van der Waals surface area contributed by atoms with Gasteiger partial charge in [0.15, 0.2) is 0 Å². The number of benzene rings is 3. The molecule has 4 rings (SSSR count). The van der Waals surface area contributed by atoms with Crippen LogP contribution in [0.15, 0.2) is 77.6 Å². The highest BCUT2D eigenvalue weighted by molar-refractivity contribution is 5.92. The van der Waals surface area contributed by atoms with E-state index in [1.807, 2.05) is 49.4 Å². The SMILES string of the molecule is COc1ccc2cc(CCc3ccc(C)cc3)c(=O)n(CC(=O)Nc3cccc(C)c3)c2c1. The molecule has 0 bridgehead atoms. The van der Waals surface area contributed by atoms with Gasteiger partial charge in [-0.05, 0) is 73.5 Å². The molecule has 0 radical (unpaired) electrons. The molecule has 0 fully saturated rings. The van der Waals surface area contributed by atoms with Crippen molar-refractivity contribution in [2.75, 3.05) is 12.4 Å². The van der Waals surface area contributed by atoms with Gasteiger partial charge in [0.25, 0.3) is 5.56 Å². The van der Waals surface area contributed by atoms with Crippen molar-refractivity contribution in [3.05, 3.63) is 105 Å². The van der Waals surface area contributed by atoms with Crippen LogP contribution in [-0.4, -0.2) is 17.6 Å². The van der Waals surface area contributed by atoms with E-state index >= 15 is 0 Å². The summed E-state index contributed by atoms with van der Waals surface area (Å²) in [4.78, 5) is 26.3. The van der Waals surface area contributed by atoms with Crippen molar-refractivity contribution in [2.24, 2.45) is 0 Å². The van der Waals surface area contributed by atoms with Crippen LogP contribution in [0.5, 0.6) is 5.75 Å². The zero-order valence-electron chi connectivity index (χ0n) is 19.2. The third-order valence-corrected chi connectivity index (χ3v) is 5.79. The first kappa shape index (κ1) is 22.3. The molecule has 1 aromatic heterocycles. The van der Waals surface area contributed by atoms with Crippen molar-refractivity contribution >= 4 is 22.5 Å². The fourth-order valence-electron chi connectivity index (χ4n) is 3.98. The number of hydrogen-bond acceptors (Lipinski definition) is 3. The Balaban J connectivity index is 1.67. The molecule has 5 nitrogen and oxygen atoms in total. The average molecular weight is 441 g/mol. The topological polar surface area (TPSA) is 60.3 Å². The summed E-state index contributed by atoms with van der Waals surface area (Å²) in [7, 11) is 1.59. The number of carbonyl (C=O) groups excluding carboxylic acids is 1. The van der Waals surface area contributed by atoms with Crippen LogP contribution in [0.4, 0.5) is 5.69 Å². The lowest BCUT2D eigenvalue weighted by molar-refractivity contribution is -0.116. The number of carbonyl (C=O) groups is 1. The quantitative estimate of drug-likeness (QED) is 0.437. The zero-order chi connectivity index (χ0) is 23.4. The number of nitrogens with one attached hydrogen (secondary N) is 1. The molecule has 0 aliphatic rings. The van der Waals surface area contributed by atoms with Crippen LogP contribution >= 0.6 is 0 Å². The molecule has 0 unspecified atom stereocenters. The van der Waals surface area contributed by atoms with Crippen molar-refractivity contribution in [1.29, 1.82) is 0 Å². The van der Waals surface area contributed by atoms with Crippen LogP contribution in [0, 0.1) is 13.8 Å². The summed E-state index contributed by atoms with van der Waals surface area (Å²) >= 11 is 0. The van der Waals surface area contributed by atoms with Gasteiger partial charge in [-0.15, -0.1) is 0 Å². The summed E-state index contributed by atoms with van der Waals surface area (Å²) in [6.07, 6.45) is 1.36. The lowest BCUT2D eigenvalue weighted by atomic mass is 10.0. The molecule has 1 N–H and O–H groups in total. The van der Waals surface area contributed by atoms with E-state index in [1.165, 1.54) is 11.1 Å². The second-order valence-corrected chi connectivity index (χ2v) is 8.39. The lowest BCUT2D eigenvalue weighted by Crippen LogP contribution is -2.30. The highest BCUT2D eigenvalue weighted by atomic mass is 16.5. The minimum atomic E-state index is -0.248. The van der Waals surface area contributed by atoms with E-state index in [0.29, 0.717) is 28.9 Å². The number of anilines is 1. The van der Waals surface area contributed by atoms with Crippen molar-refractivity contribution in [3.63, 3.8) is 0 Å². The van der Waals surface area contributed by atoms with Gasteiger partial charge in [0.05, 0.1) is 12.6 Å². The van der Waals surface area contributed by atoms with E-state index in [2.05, 4.69) is 36.5 Å². The summed E-state index contributed by atoms with van der Waals surface area (Å²) in [6.45, 7) is 3.95. The number of aryl methyl sites for hydroxylation is 4. The number of rotatable bonds is 7. The minimum Gasteiger partial charge on any atom is -0.497 e. The fourth-order valence-corrected chi connectivity index (χ4v) is 3.98. The highest BCUT2D eigenvalue weighted by Crippen LogP contribution is 2.21. The Kier molecular flexibility index (Phi) is 6.59. The second kappa shape index (κ2) is 9.74. The van der Waals surface area contributed by atoms with E-state index in [0.717, 1.165) is 17.4 Å². The van der Waals surface area contributed by atoms with Gasteiger partial charge >= 0.3 is 0 Å². The van der Waals surface area contributed by atoms with Crippen LogP contribution in [0.1, 0.15) is 22.3 Å². The maximum atomic E-state index is 13.4. The highest BCUT2D eigenvalue weighted by Gasteiger charge is 2.14. The number of pyridine rings is 1. The maximum absolute atomic E-state index is 13.4. The molecular weight excluding hydrogens is 412 g/mol. The van der Waals surface area contributed by atoms with E-state index in [-0.39, 0.29) is 18.0 Å². The number of hydrogen-bond donors (Lipinski definition) is 1. The normalized spacial score (nSPS) is 10.9. The van der Waals surface area contributed by atoms with E-state index < -0.39 is 0 Å². The van der Waals surface area contributed by atoms with E-state index in [1.54, 1.807) is 17.7 Å². The van der Waals surface area contributed by atoms with Gasteiger partial charge in [-0.1, -0.05) is 42.0 Å². The molecule has 3 aromatic carbocycles. The number of amides is 1. The molecule has 1 heterocycles. The Labute approximate surface area is 193 Å². The monoisotopic (exact) mass is 440 g/mol. The van der Waals surface area contributed by atoms with Crippen molar-refractivity contribution < 1.29 is 9.53 Å². The molecule has 0 spiro atoms. The van der Waals surface area contributed by atoms with Crippen LogP contribution < -0.4 is 15.6 Å². The molecular formula is C28H28N2O3. The summed E-state index contributed by atoms with van der Waals surface area (Å²) in [5.74, 6) is 0.393. The number of methoxy groups -OCH3 is 1. The minimum absolute atomic E-state index is 0.0746. The molecule has 4 aromatic rings. The molecule has 0 aliphatic carbocycles. The standard InChI is InChI=1S/C28H28N2O3/c1-19-7-9-21(10-8-19)11-12-23-16-22-13-14-25(33-3)17-26(22)30(28(23)32)18-27(31)29-24-6-4-5-20(2)15-24/h4-10,13-17H,11-12,18H2,1-3H3,(H,29,31). The number of nitrogens with zero attached hydrogens (tertiary/aromatic N) is 1. The number of ether oxygens (including phenoxy) is 1. The van der Waals surface area contributed by atoms with Gasteiger partial charge in [-0.25, -0.2) is 0 Å². The van der Waals surface area contributed by atoms with Crippen LogP contribution in [-0.2, 0) is 24.2 Å². The first-order valence-corrected chi connectivity index (χ1v) is 11.1. The van der Waals surface area contributed by atoms with E-state index in [9.17, 15) is 9.59 Å². The number of fused-ring (bicyclic) bond motifs is 1. The van der Waals surface area contributed by atoms with Crippen LogP contribution in [0.2, 0.25) is 0 Å². The molecule has 33 heavy (non-hydrogen) atoms. The summed E-state index contributed by atoms with van der Waals surface area (Å²) < 4.78 is 6.91. The Morgan fingerprint density at radius 2 is 1.70 bits per heavy atom. The third-order valence-electron chi connectivity index (χ3n) is 5.79. The van der Waals surface area contributed by atoms with E-state index in [4.69, 9.17) is 4.74 Å². The molecule has 0 aliphatic heterocycles. The summed E-state index contributed by atoms with van der Waals surface area (Å²) in [5.41, 5.74) is 5.37. The predicted molar refractivity (Wildman–Crippen MR) is 133 cm³/mol. The fraction of sp³-hybridized carbons (Fsp3) is 0.214. The van der Waals surface area contributed by atoms with Gasteiger partial charge in [0.1, 0.15) is 12.3 Å². The molecule has 1 amide bonds. The molecule has 0 atom stereocenters. The maximum Gasteiger partial charge on any atom is 0.254 e. The van der Waals surface area contributed by atoms with Gasteiger partial charge in [-0.2, -0.15) is 0 Å². The van der Waals surface area contributed by atoms with Gasteiger partial charge in [-0.3, -0.25) is 14.2 Å². The molecule has 0 saturated heterocycles. The second-order valence-electron chi connectivity index (χ2n) is 8.39. The summed E-state index contributed by atoms with van der Waals surface area (Å²) in [6, 6.07) is 23.5. The molecule has 5 heteroatoms. The third kappa shape index (κ3) is 5.32. The Hall–Kier alpha value is -3.86. The number of aromatic nitrogens is 1. The lowest BCUT2D eigenvalue weighted by Gasteiger charge is -2.14. The predicted octanol–water partition coefficient (Wildman–Crippen LogP) is 5.05. The van der Waals surface area contributed by atoms with Crippen molar-refractivity contribution in [2.45, 2.75) is 33.2 Å². The van der Waals surface area contributed by atoms with Gasteiger partial charge in [0, 0.05) is 17.3 Å². The van der Waals surface area contributed by atoms with Crippen molar-refractivity contribution in [3.8, 4) is 5.75 Å². The smallest absolute Gasteiger partial charge is 0.254 e. The van der Waals surface area contributed by atoms with Gasteiger partial charge < -0.3 is 10.1 Å². The van der Waals surface area contributed by atoms with Crippen LogP contribution in [0.25, 0.3) is 10.9 Å². The summed E-state index contributed by atoms with van der Waals surface area (Å²) in [5, 5.41) is 3.81. The molecule has 0 saturated carbocycles. The Morgan fingerprint density at radius 3 is 2.42 bits per heavy atom. The van der Waals surface area contributed by atoms with Crippen molar-refractivity contribution in [1.82, 2.24) is 4.57 Å².